The van der Waals surface area contributed by atoms with Crippen LogP contribution in [0.4, 0.5) is 4.79 Å². The van der Waals surface area contributed by atoms with E-state index in [1.165, 1.54) is 19.3 Å². The lowest BCUT2D eigenvalue weighted by molar-refractivity contribution is 0.0395. The lowest BCUT2D eigenvalue weighted by Crippen LogP contribution is -2.31. The highest BCUT2D eigenvalue weighted by Crippen LogP contribution is 2.31. The quantitative estimate of drug-likeness (QED) is 0.479. The van der Waals surface area contributed by atoms with Crippen molar-refractivity contribution in [2.24, 2.45) is 0 Å². The molecule has 0 aromatic rings. The van der Waals surface area contributed by atoms with Crippen LogP contribution in [-0.4, -0.2) is 18.4 Å². The number of hydrogen-bond acceptors (Lipinski definition) is 3. The second kappa shape index (κ2) is 5.99. The van der Waals surface area contributed by atoms with E-state index in [0.29, 0.717) is 6.61 Å². The van der Waals surface area contributed by atoms with Crippen LogP contribution < -0.4 is 0 Å². The second-order valence-corrected chi connectivity index (χ2v) is 4.38. The predicted molar refractivity (Wildman–Crippen MR) is 58.8 cm³/mol. The van der Waals surface area contributed by atoms with Crippen molar-refractivity contribution in [2.45, 2.75) is 64.4 Å². The molecule has 3 nitrogen and oxygen atoms in total. The third kappa shape index (κ3) is 3.73. The first kappa shape index (κ1) is 12.3. The van der Waals surface area contributed by atoms with E-state index in [9.17, 15) is 4.79 Å². The van der Waals surface area contributed by atoms with E-state index in [-0.39, 0.29) is 5.60 Å². The van der Waals surface area contributed by atoms with Crippen LogP contribution in [0.3, 0.4) is 0 Å². The maximum atomic E-state index is 11.0. The molecule has 1 saturated heterocycles. The molecular formula is C12H22O3. The average molecular weight is 214 g/mol. The second-order valence-electron chi connectivity index (χ2n) is 4.38. The van der Waals surface area contributed by atoms with Crippen molar-refractivity contribution in [3.8, 4) is 0 Å². The number of carbonyl (C=O) groups excluding carboxylic acids is 1. The lowest BCUT2D eigenvalue weighted by Gasteiger charge is -2.24. The van der Waals surface area contributed by atoms with Crippen LogP contribution in [0, 0.1) is 0 Å². The van der Waals surface area contributed by atoms with Crippen LogP contribution in [0.15, 0.2) is 0 Å². The molecule has 0 aromatic carbocycles. The molecule has 1 aliphatic rings. The third-order valence-electron chi connectivity index (χ3n) is 2.94. The third-order valence-corrected chi connectivity index (χ3v) is 2.94. The Morgan fingerprint density at radius 2 is 1.93 bits per heavy atom. The Hall–Kier alpha value is -0.730. The van der Waals surface area contributed by atoms with Gasteiger partial charge in [-0.15, -0.1) is 0 Å². The number of hydrogen-bond donors (Lipinski definition) is 0. The Kier molecular flexibility index (Phi) is 4.92. The van der Waals surface area contributed by atoms with Crippen molar-refractivity contribution in [1.82, 2.24) is 0 Å². The van der Waals surface area contributed by atoms with E-state index < -0.39 is 6.16 Å². The summed E-state index contributed by atoms with van der Waals surface area (Å²) in [6.45, 7) is 4.76. The summed E-state index contributed by atoms with van der Waals surface area (Å²) in [5.41, 5.74) is -0.306. The Bertz CT molecular complexity index is 203. The molecule has 1 unspecified atom stereocenters. The standard InChI is InChI=1S/C12H22O3/c1-3-5-6-7-9-12(8-4-2)10-14-11(13)15-12/h3-10H2,1-2H3. The Balaban J connectivity index is 2.33. The molecule has 1 rings (SSSR count). The van der Waals surface area contributed by atoms with Crippen molar-refractivity contribution in [1.29, 1.82) is 0 Å². The first-order valence-electron chi connectivity index (χ1n) is 6.08. The lowest BCUT2D eigenvalue weighted by atomic mass is 9.92. The van der Waals surface area contributed by atoms with Crippen molar-refractivity contribution >= 4 is 6.16 Å². The molecule has 0 aliphatic carbocycles. The normalized spacial score (nSPS) is 25.1. The highest BCUT2D eigenvalue weighted by molar-refractivity contribution is 5.62. The maximum absolute atomic E-state index is 11.0. The van der Waals surface area contributed by atoms with E-state index in [4.69, 9.17) is 9.47 Å². The first-order valence-corrected chi connectivity index (χ1v) is 6.08. The molecule has 0 N–H and O–H groups in total. The average Bonchev–Trinajstić information content (AvgIpc) is 2.56. The topological polar surface area (TPSA) is 35.5 Å². The SMILES string of the molecule is CCCCCCC1(CCC)COC(=O)O1. The zero-order chi connectivity index (χ0) is 11.1. The molecule has 1 fully saturated rings. The fourth-order valence-corrected chi connectivity index (χ4v) is 2.13. The van der Waals surface area contributed by atoms with Gasteiger partial charge >= 0.3 is 6.16 Å². The molecule has 88 valence electrons. The molecule has 0 spiro atoms. The summed E-state index contributed by atoms with van der Waals surface area (Å²) >= 11 is 0. The van der Waals surface area contributed by atoms with Gasteiger partial charge < -0.3 is 9.47 Å². The van der Waals surface area contributed by atoms with Gasteiger partial charge in [-0.3, -0.25) is 0 Å². The predicted octanol–water partition coefficient (Wildman–Crippen LogP) is 3.66. The van der Waals surface area contributed by atoms with Crippen molar-refractivity contribution in [3.05, 3.63) is 0 Å². The monoisotopic (exact) mass is 214 g/mol. The summed E-state index contributed by atoms with van der Waals surface area (Å²) in [5.74, 6) is 0. The minimum atomic E-state index is -0.487. The number of ether oxygens (including phenoxy) is 2. The minimum Gasteiger partial charge on any atom is -0.430 e. The maximum Gasteiger partial charge on any atom is 0.509 e. The Morgan fingerprint density at radius 3 is 2.47 bits per heavy atom. The fourth-order valence-electron chi connectivity index (χ4n) is 2.13. The van der Waals surface area contributed by atoms with Crippen molar-refractivity contribution in [2.75, 3.05) is 6.61 Å². The molecule has 1 aliphatic heterocycles. The van der Waals surface area contributed by atoms with Crippen molar-refractivity contribution in [3.63, 3.8) is 0 Å². The Morgan fingerprint density at radius 1 is 1.13 bits per heavy atom. The van der Waals surface area contributed by atoms with Crippen LogP contribution in [0.1, 0.15) is 58.8 Å². The van der Waals surface area contributed by atoms with Gasteiger partial charge in [0.25, 0.3) is 0 Å². The molecule has 0 aromatic heterocycles. The van der Waals surface area contributed by atoms with Gasteiger partial charge in [0.2, 0.25) is 0 Å². The molecule has 0 amide bonds. The largest absolute Gasteiger partial charge is 0.509 e. The van der Waals surface area contributed by atoms with E-state index in [1.807, 2.05) is 0 Å². The number of rotatable bonds is 7. The number of cyclic esters (lactones) is 2. The molecule has 1 atom stereocenters. The molecule has 0 bridgehead atoms. The van der Waals surface area contributed by atoms with Crippen LogP contribution in [0.2, 0.25) is 0 Å². The van der Waals surface area contributed by atoms with Crippen LogP contribution in [0.25, 0.3) is 0 Å². The molecular weight excluding hydrogens is 192 g/mol. The summed E-state index contributed by atoms with van der Waals surface area (Å²) in [6.07, 6.45) is 7.26. The smallest absolute Gasteiger partial charge is 0.430 e. The van der Waals surface area contributed by atoms with Crippen molar-refractivity contribution < 1.29 is 14.3 Å². The van der Waals surface area contributed by atoms with Gasteiger partial charge in [-0.05, 0) is 19.3 Å². The minimum absolute atomic E-state index is 0.306. The molecule has 0 saturated carbocycles. The fraction of sp³-hybridized carbons (Fsp3) is 0.917. The van der Waals surface area contributed by atoms with Crippen LogP contribution >= 0.6 is 0 Å². The molecule has 15 heavy (non-hydrogen) atoms. The molecule has 0 radical (unpaired) electrons. The van der Waals surface area contributed by atoms with E-state index >= 15 is 0 Å². The summed E-state index contributed by atoms with van der Waals surface area (Å²) in [7, 11) is 0. The summed E-state index contributed by atoms with van der Waals surface area (Å²) in [5, 5.41) is 0. The van der Waals surface area contributed by atoms with Crippen LogP contribution in [-0.2, 0) is 9.47 Å². The highest BCUT2D eigenvalue weighted by atomic mass is 16.8. The summed E-state index contributed by atoms with van der Waals surface area (Å²) in [6, 6.07) is 0. The zero-order valence-corrected chi connectivity index (χ0v) is 9.88. The van der Waals surface area contributed by atoms with Gasteiger partial charge in [-0.25, -0.2) is 4.79 Å². The van der Waals surface area contributed by atoms with Gasteiger partial charge in [0.1, 0.15) is 12.2 Å². The summed E-state index contributed by atoms with van der Waals surface area (Å²) in [4.78, 5) is 11.0. The molecule has 3 heteroatoms. The van der Waals surface area contributed by atoms with Gasteiger partial charge in [-0.1, -0.05) is 39.5 Å². The van der Waals surface area contributed by atoms with Crippen LogP contribution in [0.5, 0.6) is 0 Å². The highest BCUT2D eigenvalue weighted by Gasteiger charge is 2.40. The zero-order valence-electron chi connectivity index (χ0n) is 9.88. The number of carbonyl (C=O) groups is 1. The van der Waals surface area contributed by atoms with Gasteiger partial charge in [0.15, 0.2) is 0 Å². The van der Waals surface area contributed by atoms with E-state index in [2.05, 4.69) is 13.8 Å². The van der Waals surface area contributed by atoms with E-state index in [1.54, 1.807) is 0 Å². The molecule has 1 heterocycles. The Labute approximate surface area is 92.1 Å². The summed E-state index contributed by atoms with van der Waals surface area (Å²) < 4.78 is 10.2. The van der Waals surface area contributed by atoms with Gasteiger partial charge in [0, 0.05) is 0 Å². The van der Waals surface area contributed by atoms with E-state index in [0.717, 1.165) is 25.7 Å². The van der Waals surface area contributed by atoms with Gasteiger partial charge in [-0.2, -0.15) is 0 Å². The van der Waals surface area contributed by atoms with Gasteiger partial charge in [0.05, 0.1) is 0 Å². The first-order chi connectivity index (χ1) is 7.22. The number of unbranched alkanes of at least 4 members (excludes halogenated alkanes) is 3.